The lowest BCUT2D eigenvalue weighted by Gasteiger charge is -2.22. The quantitative estimate of drug-likeness (QED) is 0.826. The van der Waals surface area contributed by atoms with Crippen LogP contribution in [0.2, 0.25) is 5.02 Å². The average Bonchev–Trinajstić information content (AvgIpc) is 2.56. The van der Waals surface area contributed by atoms with E-state index in [1.165, 1.54) is 0 Å². The predicted octanol–water partition coefficient (Wildman–Crippen LogP) is 4.20. The van der Waals surface area contributed by atoms with Gasteiger partial charge in [-0.1, -0.05) is 29.8 Å². The number of rotatable bonds is 7. The summed E-state index contributed by atoms with van der Waals surface area (Å²) < 4.78 is 5.23. The number of anilines is 2. The van der Waals surface area contributed by atoms with E-state index < -0.39 is 0 Å². The van der Waals surface area contributed by atoms with E-state index in [4.69, 9.17) is 16.3 Å². The Morgan fingerprint density at radius 3 is 2.61 bits per heavy atom. The minimum Gasteiger partial charge on any atom is -0.495 e. The predicted molar refractivity (Wildman–Crippen MR) is 95.6 cm³/mol. The largest absolute Gasteiger partial charge is 0.495 e. The summed E-state index contributed by atoms with van der Waals surface area (Å²) in [5.74, 6) is 0.526. The summed E-state index contributed by atoms with van der Waals surface area (Å²) >= 11 is 5.97. The fraction of sp³-hybridized carbons (Fsp3) is 0.278. The van der Waals surface area contributed by atoms with Crippen molar-refractivity contribution in [1.29, 1.82) is 0 Å². The normalized spacial score (nSPS) is 10.2. The van der Waals surface area contributed by atoms with E-state index in [0.29, 0.717) is 29.4 Å². The molecule has 0 bridgehead atoms. The summed E-state index contributed by atoms with van der Waals surface area (Å²) in [6, 6.07) is 15.2. The summed E-state index contributed by atoms with van der Waals surface area (Å²) in [6.07, 6.45) is 0.387. The molecule has 0 aliphatic carbocycles. The molecule has 2 rings (SSSR count). The molecule has 0 aromatic heterocycles. The maximum atomic E-state index is 12.2. The SMILES string of the molecule is CCN(CCC(=O)Nc1cc(Cl)ccc1OC)c1ccccc1. The first-order chi connectivity index (χ1) is 11.1. The molecule has 0 saturated heterocycles. The van der Waals surface area contributed by atoms with Gasteiger partial charge in [0.25, 0.3) is 0 Å². The number of ether oxygens (including phenoxy) is 1. The fourth-order valence-corrected chi connectivity index (χ4v) is 2.51. The summed E-state index contributed by atoms with van der Waals surface area (Å²) in [7, 11) is 1.56. The van der Waals surface area contributed by atoms with Crippen LogP contribution in [0.5, 0.6) is 5.75 Å². The summed E-state index contributed by atoms with van der Waals surface area (Å²) in [4.78, 5) is 14.4. The highest BCUT2D eigenvalue weighted by Crippen LogP contribution is 2.27. The van der Waals surface area contributed by atoms with Gasteiger partial charge in [-0.05, 0) is 37.3 Å². The van der Waals surface area contributed by atoms with E-state index in [1.807, 2.05) is 30.3 Å². The molecular formula is C18H21ClN2O2. The standard InChI is InChI=1S/C18H21ClN2O2/c1-3-21(15-7-5-4-6-8-15)12-11-18(22)20-16-13-14(19)9-10-17(16)23-2/h4-10,13H,3,11-12H2,1-2H3,(H,20,22). The van der Waals surface area contributed by atoms with Crippen LogP contribution in [0.4, 0.5) is 11.4 Å². The third kappa shape index (κ3) is 4.89. The first kappa shape index (κ1) is 17.2. The van der Waals surface area contributed by atoms with Gasteiger partial charge in [0.05, 0.1) is 12.8 Å². The van der Waals surface area contributed by atoms with Crippen molar-refractivity contribution in [1.82, 2.24) is 0 Å². The van der Waals surface area contributed by atoms with Crippen LogP contribution in [-0.4, -0.2) is 26.1 Å². The lowest BCUT2D eigenvalue weighted by molar-refractivity contribution is -0.116. The highest BCUT2D eigenvalue weighted by molar-refractivity contribution is 6.31. The lowest BCUT2D eigenvalue weighted by Crippen LogP contribution is -2.27. The molecule has 0 fully saturated rings. The van der Waals surface area contributed by atoms with E-state index >= 15 is 0 Å². The van der Waals surface area contributed by atoms with Crippen molar-refractivity contribution in [2.24, 2.45) is 0 Å². The molecule has 23 heavy (non-hydrogen) atoms. The zero-order valence-electron chi connectivity index (χ0n) is 13.4. The van der Waals surface area contributed by atoms with Crippen LogP contribution in [0.15, 0.2) is 48.5 Å². The molecule has 5 heteroatoms. The zero-order valence-corrected chi connectivity index (χ0v) is 14.1. The van der Waals surface area contributed by atoms with Crippen molar-refractivity contribution < 1.29 is 9.53 Å². The number of carbonyl (C=O) groups excluding carboxylic acids is 1. The second-order valence-corrected chi connectivity index (χ2v) is 5.49. The molecule has 0 heterocycles. The van der Waals surface area contributed by atoms with Crippen molar-refractivity contribution in [2.45, 2.75) is 13.3 Å². The molecule has 0 aliphatic heterocycles. The van der Waals surface area contributed by atoms with Crippen molar-refractivity contribution in [3.8, 4) is 5.75 Å². The Hall–Kier alpha value is -2.20. The Balaban J connectivity index is 1.96. The average molecular weight is 333 g/mol. The topological polar surface area (TPSA) is 41.6 Å². The Kier molecular flexibility index (Phi) is 6.29. The number of hydrogen-bond donors (Lipinski definition) is 1. The maximum Gasteiger partial charge on any atom is 0.226 e. The van der Waals surface area contributed by atoms with Gasteiger partial charge in [0.15, 0.2) is 0 Å². The zero-order chi connectivity index (χ0) is 16.7. The Morgan fingerprint density at radius 1 is 1.22 bits per heavy atom. The van der Waals surface area contributed by atoms with Gasteiger partial charge in [-0.2, -0.15) is 0 Å². The molecule has 0 spiro atoms. The third-order valence-corrected chi connectivity index (χ3v) is 3.78. The smallest absolute Gasteiger partial charge is 0.226 e. The maximum absolute atomic E-state index is 12.2. The number of para-hydroxylation sites is 1. The van der Waals surface area contributed by atoms with Gasteiger partial charge < -0.3 is 15.0 Å². The Labute approximate surface area is 142 Å². The van der Waals surface area contributed by atoms with E-state index in [9.17, 15) is 4.79 Å². The van der Waals surface area contributed by atoms with Gasteiger partial charge in [0.2, 0.25) is 5.91 Å². The number of methoxy groups -OCH3 is 1. The Bertz CT molecular complexity index is 647. The third-order valence-electron chi connectivity index (χ3n) is 3.55. The number of carbonyl (C=O) groups is 1. The van der Waals surface area contributed by atoms with Crippen LogP contribution in [0.3, 0.4) is 0 Å². The molecule has 0 saturated carbocycles. The first-order valence-electron chi connectivity index (χ1n) is 7.57. The van der Waals surface area contributed by atoms with Crippen LogP contribution >= 0.6 is 11.6 Å². The second kappa shape index (κ2) is 8.44. The Morgan fingerprint density at radius 2 is 1.96 bits per heavy atom. The van der Waals surface area contributed by atoms with Crippen LogP contribution in [0, 0.1) is 0 Å². The number of amides is 1. The molecule has 0 unspecified atom stereocenters. The molecule has 4 nitrogen and oxygen atoms in total. The van der Waals surface area contributed by atoms with E-state index in [0.717, 1.165) is 12.2 Å². The fourth-order valence-electron chi connectivity index (χ4n) is 2.34. The molecule has 0 radical (unpaired) electrons. The van der Waals surface area contributed by atoms with Crippen molar-refractivity contribution >= 4 is 28.9 Å². The summed E-state index contributed by atoms with van der Waals surface area (Å²) in [5.41, 5.74) is 1.70. The van der Waals surface area contributed by atoms with E-state index in [2.05, 4.69) is 17.1 Å². The van der Waals surface area contributed by atoms with Gasteiger partial charge in [0.1, 0.15) is 5.75 Å². The summed E-state index contributed by atoms with van der Waals surface area (Å²) in [5, 5.41) is 3.41. The highest BCUT2D eigenvalue weighted by Gasteiger charge is 2.10. The van der Waals surface area contributed by atoms with Gasteiger partial charge in [0, 0.05) is 30.2 Å². The van der Waals surface area contributed by atoms with Gasteiger partial charge in [-0.15, -0.1) is 0 Å². The number of benzene rings is 2. The molecule has 122 valence electrons. The van der Waals surface area contributed by atoms with Crippen LogP contribution in [0.1, 0.15) is 13.3 Å². The molecule has 0 aliphatic rings. The van der Waals surface area contributed by atoms with Gasteiger partial charge in [-0.3, -0.25) is 4.79 Å². The van der Waals surface area contributed by atoms with E-state index in [-0.39, 0.29) is 5.91 Å². The molecule has 2 aromatic carbocycles. The van der Waals surface area contributed by atoms with E-state index in [1.54, 1.807) is 25.3 Å². The molecule has 1 N–H and O–H groups in total. The van der Waals surface area contributed by atoms with Gasteiger partial charge in [-0.25, -0.2) is 0 Å². The molecular weight excluding hydrogens is 312 g/mol. The molecule has 0 atom stereocenters. The first-order valence-corrected chi connectivity index (χ1v) is 7.95. The minimum atomic E-state index is -0.0695. The van der Waals surface area contributed by atoms with Crippen molar-refractivity contribution in [3.05, 3.63) is 53.6 Å². The number of nitrogens with zero attached hydrogens (tertiary/aromatic N) is 1. The lowest BCUT2D eigenvalue weighted by atomic mass is 10.2. The summed E-state index contributed by atoms with van der Waals surface area (Å²) in [6.45, 7) is 3.57. The number of hydrogen-bond acceptors (Lipinski definition) is 3. The minimum absolute atomic E-state index is 0.0695. The second-order valence-electron chi connectivity index (χ2n) is 5.06. The van der Waals surface area contributed by atoms with Gasteiger partial charge >= 0.3 is 0 Å². The molecule has 1 amide bonds. The number of nitrogens with one attached hydrogen (secondary N) is 1. The van der Waals surface area contributed by atoms with Crippen LogP contribution in [0.25, 0.3) is 0 Å². The van der Waals surface area contributed by atoms with Crippen LogP contribution < -0.4 is 15.0 Å². The number of halogens is 1. The van der Waals surface area contributed by atoms with Crippen LogP contribution in [-0.2, 0) is 4.79 Å². The monoisotopic (exact) mass is 332 g/mol. The highest BCUT2D eigenvalue weighted by atomic mass is 35.5. The van der Waals surface area contributed by atoms with Crippen molar-refractivity contribution in [3.63, 3.8) is 0 Å². The van der Waals surface area contributed by atoms with Crippen molar-refractivity contribution in [2.75, 3.05) is 30.4 Å². The molecule has 2 aromatic rings.